The highest BCUT2D eigenvalue weighted by molar-refractivity contribution is 6.04. The van der Waals surface area contributed by atoms with Crippen molar-refractivity contribution in [2.45, 2.75) is 6.92 Å². The van der Waals surface area contributed by atoms with Gasteiger partial charge in [0.1, 0.15) is 0 Å². The van der Waals surface area contributed by atoms with Crippen molar-refractivity contribution >= 4 is 28.9 Å². The Morgan fingerprint density at radius 3 is 1.85 bits per heavy atom. The molecule has 0 aliphatic heterocycles. The van der Waals surface area contributed by atoms with E-state index in [4.69, 9.17) is 5.73 Å². The number of benzene rings is 2. The van der Waals surface area contributed by atoms with Gasteiger partial charge < -0.3 is 16.4 Å². The summed E-state index contributed by atoms with van der Waals surface area (Å²) in [6.45, 7) is 1.44. The molecule has 0 atom stereocenters. The fourth-order valence-electron chi connectivity index (χ4n) is 1.68. The zero-order chi connectivity index (χ0) is 14.5. The van der Waals surface area contributed by atoms with Crippen molar-refractivity contribution in [3.63, 3.8) is 0 Å². The smallest absolute Gasteiger partial charge is 0.255 e. The predicted octanol–water partition coefficient (Wildman–Crippen LogP) is 2.48. The van der Waals surface area contributed by atoms with E-state index in [9.17, 15) is 9.59 Å². The Bertz CT molecular complexity index is 619. The Labute approximate surface area is 116 Å². The maximum absolute atomic E-state index is 12.0. The van der Waals surface area contributed by atoms with Gasteiger partial charge in [0.2, 0.25) is 5.91 Å². The van der Waals surface area contributed by atoms with E-state index in [1.54, 1.807) is 48.5 Å². The summed E-state index contributed by atoms with van der Waals surface area (Å²) in [5.41, 5.74) is 8.05. The molecule has 102 valence electrons. The fraction of sp³-hybridized carbons (Fsp3) is 0.0667. The standard InChI is InChI=1S/C15H15N3O2/c1-10(19)17-13-6-8-14(9-7-13)18-15(20)11-2-4-12(16)5-3-11/h2-9H,16H2,1H3,(H,17,19)(H,18,20). The SMILES string of the molecule is CC(=O)Nc1ccc(NC(=O)c2ccc(N)cc2)cc1. The lowest BCUT2D eigenvalue weighted by atomic mass is 10.2. The number of hydrogen-bond donors (Lipinski definition) is 3. The van der Waals surface area contributed by atoms with Gasteiger partial charge in [0.05, 0.1) is 0 Å². The molecule has 2 amide bonds. The van der Waals surface area contributed by atoms with Gasteiger partial charge in [0.15, 0.2) is 0 Å². The lowest BCUT2D eigenvalue weighted by Gasteiger charge is -2.07. The number of nitrogen functional groups attached to an aromatic ring is 1. The van der Waals surface area contributed by atoms with Crippen LogP contribution in [0.5, 0.6) is 0 Å². The third-order valence-corrected chi connectivity index (χ3v) is 2.64. The maximum Gasteiger partial charge on any atom is 0.255 e. The molecule has 20 heavy (non-hydrogen) atoms. The van der Waals surface area contributed by atoms with Crippen molar-refractivity contribution in [2.75, 3.05) is 16.4 Å². The summed E-state index contributed by atoms with van der Waals surface area (Å²) in [5, 5.41) is 5.42. The summed E-state index contributed by atoms with van der Waals surface area (Å²) in [5.74, 6) is -0.346. The van der Waals surface area contributed by atoms with Crippen LogP contribution in [-0.4, -0.2) is 11.8 Å². The molecule has 5 heteroatoms. The first-order valence-corrected chi connectivity index (χ1v) is 6.09. The molecule has 2 rings (SSSR count). The molecule has 0 aliphatic rings. The molecule has 0 saturated heterocycles. The molecule has 0 radical (unpaired) electrons. The Morgan fingerprint density at radius 1 is 0.850 bits per heavy atom. The molecule has 0 bridgehead atoms. The maximum atomic E-state index is 12.0. The van der Waals surface area contributed by atoms with Crippen molar-refractivity contribution in [1.82, 2.24) is 0 Å². The lowest BCUT2D eigenvalue weighted by molar-refractivity contribution is -0.114. The summed E-state index contributed by atoms with van der Waals surface area (Å²) in [6, 6.07) is 13.6. The number of nitrogens with two attached hydrogens (primary N) is 1. The van der Waals surface area contributed by atoms with Gasteiger partial charge in [-0.1, -0.05) is 0 Å². The number of carbonyl (C=O) groups is 2. The van der Waals surface area contributed by atoms with Gasteiger partial charge in [-0.05, 0) is 48.5 Å². The van der Waals surface area contributed by atoms with Gasteiger partial charge in [-0.3, -0.25) is 9.59 Å². The molecule has 4 N–H and O–H groups in total. The molecule has 2 aromatic carbocycles. The Morgan fingerprint density at radius 2 is 1.35 bits per heavy atom. The Balaban J connectivity index is 2.04. The number of nitrogens with one attached hydrogen (secondary N) is 2. The van der Waals surface area contributed by atoms with E-state index in [2.05, 4.69) is 10.6 Å². The minimum absolute atomic E-state index is 0.136. The van der Waals surface area contributed by atoms with Gasteiger partial charge in [-0.15, -0.1) is 0 Å². The highest BCUT2D eigenvalue weighted by atomic mass is 16.2. The Kier molecular flexibility index (Phi) is 4.00. The van der Waals surface area contributed by atoms with E-state index in [0.717, 1.165) is 0 Å². The monoisotopic (exact) mass is 269 g/mol. The quantitative estimate of drug-likeness (QED) is 0.748. The zero-order valence-electron chi connectivity index (χ0n) is 11.0. The van der Waals surface area contributed by atoms with E-state index in [1.807, 2.05) is 0 Å². The van der Waals surface area contributed by atoms with Gasteiger partial charge in [0.25, 0.3) is 5.91 Å². The first kappa shape index (κ1) is 13.6. The molecule has 0 aromatic heterocycles. The summed E-state index contributed by atoms with van der Waals surface area (Å²) >= 11 is 0. The second-order valence-electron chi connectivity index (χ2n) is 4.33. The lowest BCUT2D eigenvalue weighted by Crippen LogP contribution is -2.12. The van der Waals surface area contributed by atoms with Crippen LogP contribution in [-0.2, 0) is 4.79 Å². The zero-order valence-corrected chi connectivity index (χ0v) is 11.0. The van der Waals surface area contributed by atoms with Crippen LogP contribution < -0.4 is 16.4 Å². The largest absolute Gasteiger partial charge is 0.399 e. The molecule has 0 spiro atoms. The van der Waals surface area contributed by atoms with Crippen LogP contribution in [0.3, 0.4) is 0 Å². The third-order valence-electron chi connectivity index (χ3n) is 2.64. The summed E-state index contributed by atoms with van der Waals surface area (Å²) < 4.78 is 0. The normalized spacial score (nSPS) is 9.85. The highest BCUT2D eigenvalue weighted by Crippen LogP contribution is 2.15. The fourth-order valence-corrected chi connectivity index (χ4v) is 1.68. The first-order valence-electron chi connectivity index (χ1n) is 6.09. The van der Waals surface area contributed by atoms with Crippen molar-refractivity contribution in [3.8, 4) is 0 Å². The average Bonchev–Trinajstić information content (AvgIpc) is 2.41. The third kappa shape index (κ3) is 3.58. The summed E-state index contributed by atoms with van der Waals surface area (Å²) in [4.78, 5) is 22.9. The highest BCUT2D eigenvalue weighted by Gasteiger charge is 2.05. The average molecular weight is 269 g/mol. The van der Waals surface area contributed by atoms with Crippen molar-refractivity contribution in [2.24, 2.45) is 0 Å². The number of rotatable bonds is 3. The van der Waals surface area contributed by atoms with Crippen LogP contribution in [0, 0.1) is 0 Å². The molecule has 0 saturated carbocycles. The summed E-state index contributed by atoms with van der Waals surface area (Å²) in [7, 11) is 0. The molecule has 0 heterocycles. The molecule has 0 unspecified atom stereocenters. The van der Waals surface area contributed by atoms with Gasteiger partial charge in [-0.2, -0.15) is 0 Å². The molecule has 0 aliphatic carbocycles. The number of hydrogen-bond acceptors (Lipinski definition) is 3. The van der Waals surface area contributed by atoms with Gasteiger partial charge >= 0.3 is 0 Å². The van der Waals surface area contributed by atoms with E-state index < -0.39 is 0 Å². The minimum atomic E-state index is -0.211. The van der Waals surface area contributed by atoms with Crippen molar-refractivity contribution in [3.05, 3.63) is 54.1 Å². The van der Waals surface area contributed by atoms with Crippen LogP contribution in [0.25, 0.3) is 0 Å². The topological polar surface area (TPSA) is 84.2 Å². The van der Waals surface area contributed by atoms with Crippen molar-refractivity contribution < 1.29 is 9.59 Å². The second kappa shape index (κ2) is 5.88. The second-order valence-corrected chi connectivity index (χ2v) is 4.33. The van der Waals surface area contributed by atoms with Crippen molar-refractivity contribution in [1.29, 1.82) is 0 Å². The first-order chi connectivity index (χ1) is 9.54. The predicted molar refractivity (Wildman–Crippen MR) is 79.6 cm³/mol. The summed E-state index contributed by atoms with van der Waals surface area (Å²) in [6.07, 6.45) is 0. The van der Waals surface area contributed by atoms with E-state index in [0.29, 0.717) is 22.6 Å². The molecule has 2 aromatic rings. The van der Waals surface area contributed by atoms with Crippen LogP contribution in [0.1, 0.15) is 17.3 Å². The van der Waals surface area contributed by atoms with Crippen LogP contribution in [0.2, 0.25) is 0 Å². The van der Waals surface area contributed by atoms with Crippen LogP contribution >= 0.6 is 0 Å². The molecular weight excluding hydrogens is 254 g/mol. The number of amides is 2. The minimum Gasteiger partial charge on any atom is -0.399 e. The van der Waals surface area contributed by atoms with E-state index in [-0.39, 0.29) is 11.8 Å². The van der Waals surface area contributed by atoms with E-state index in [1.165, 1.54) is 6.92 Å². The number of anilines is 3. The van der Waals surface area contributed by atoms with E-state index >= 15 is 0 Å². The van der Waals surface area contributed by atoms with Crippen LogP contribution in [0.4, 0.5) is 17.1 Å². The Hall–Kier alpha value is -2.82. The van der Waals surface area contributed by atoms with Crippen LogP contribution in [0.15, 0.2) is 48.5 Å². The molecule has 5 nitrogen and oxygen atoms in total. The molecule has 0 fully saturated rings. The molecular formula is C15H15N3O2. The number of carbonyl (C=O) groups excluding carboxylic acids is 2. The van der Waals surface area contributed by atoms with Gasteiger partial charge in [-0.25, -0.2) is 0 Å². The van der Waals surface area contributed by atoms with Gasteiger partial charge in [0, 0.05) is 29.5 Å².